The van der Waals surface area contributed by atoms with E-state index in [0.29, 0.717) is 39.2 Å². The molecule has 0 spiro atoms. The molecule has 6 nitrogen and oxygen atoms in total. The summed E-state index contributed by atoms with van der Waals surface area (Å²) in [6.07, 6.45) is 0.0213. The average molecular weight is 478 g/mol. The van der Waals surface area contributed by atoms with Gasteiger partial charge in [-0.1, -0.05) is 23.4 Å². The van der Waals surface area contributed by atoms with Gasteiger partial charge >= 0.3 is 0 Å². The molecule has 4 rings (SSSR count). The van der Waals surface area contributed by atoms with E-state index in [4.69, 9.17) is 21.3 Å². The summed E-state index contributed by atoms with van der Waals surface area (Å²) in [5.41, 5.74) is 1.50. The highest BCUT2D eigenvalue weighted by Crippen LogP contribution is 2.30. The van der Waals surface area contributed by atoms with Gasteiger partial charge in [0.25, 0.3) is 5.56 Å². The third kappa shape index (κ3) is 4.53. The Kier molecular flexibility index (Phi) is 6.44. The van der Waals surface area contributed by atoms with Crippen molar-refractivity contribution in [3.05, 3.63) is 50.1 Å². The minimum absolute atomic E-state index is 0.0106. The number of aryl methyl sites for hydroxylation is 2. The number of benzene rings is 1. The number of hydrogen-bond donors (Lipinski definition) is 0. The van der Waals surface area contributed by atoms with Crippen LogP contribution in [0.5, 0.6) is 0 Å². The van der Waals surface area contributed by atoms with Crippen LogP contribution in [0.3, 0.4) is 0 Å². The maximum Gasteiger partial charge on any atom is 0.267 e. The fourth-order valence-corrected chi connectivity index (χ4v) is 5.90. The summed E-state index contributed by atoms with van der Waals surface area (Å²) in [7, 11) is 0. The lowest BCUT2D eigenvalue weighted by molar-refractivity contribution is -0.140. The molecule has 0 aliphatic carbocycles. The van der Waals surface area contributed by atoms with E-state index in [-0.39, 0.29) is 29.4 Å². The molecule has 3 heterocycles. The van der Waals surface area contributed by atoms with Crippen molar-refractivity contribution in [2.75, 3.05) is 18.8 Å². The maximum absolute atomic E-state index is 13.5. The quantitative estimate of drug-likeness (QED) is 0.410. The van der Waals surface area contributed by atoms with Gasteiger partial charge in [0.1, 0.15) is 4.83 Å². The van der Waals surface area contributed by atoms with Gasteiger partial charge in [0.05, 0.1) is 29.0 Å². The van der Waals surface area contributed by atoms with Crippen LogP contribution in [0.1, 0.15) is 24.3 Å². The third-order valence-electron chi connectivity index (χ3n) is 5.35. The van der Waals surface area contributed by atoms with Crippen LogP contribution in [0.2, 0.25) is 5.02 Å². The van der Waals surface area contributed by atoms with E-state index in [1.807, 2.05) is 32.6 Å². The molecule has 1 saturated heterocycles. The van der Waals surface area contributed by atoms with E-state index < -0.39 is 0 Å². The van der Waals surface area contributed by atoms with Crippen LogP contribution in [-0.2, 0) is 9.53 Å². The predicted octanol–water partition coefficient (Wildman–Crippen LogP) is 4.45. The number of carbonyl (C=O) groups excluding carboxylic acids is 1. The van der Waals surface area contributed by atoms with Crippen molar-refractivity contribution in [1.82, 2.24) is 14.5 Å². The van der Waals surface area contributed by atoms with Crippen molar-refractivity contribution < 1.29 is 9.53 Å². The molecular formula is C22H24ClN3O3S2. The summed E-state index contributed by atoms with van der Waals surface area (Å²) in [4.78, 5) is 34.7. The summed E-state index contributed by atoms with van der Waals surface area (Å²) in [5, 5.41) is 1.72. The first-order valence-corrected chi connectivity index (χ1v) is 12.3. The van der Waals surface area contributed by atoms with Crippen LogP contribution in [-0.4, -0.2) is 51.4 Å². The number of halogens is 1. The zero-order valence-electron chi connectivity index (χ0n) is 17.8. The van der Waals surface area contributed by atoms with Gasteiger partial charge in [-0.15, -0.1) is 11.3 Å². The Morgan fingerprint density at radius 3 is 2.52 bits per heavy atom. The lowest BCUT2D eigenvalue weighted by Gasteiger charge is -2.35. The van der Waals surface area contributed by atoms with Gasteiger partial charge in [-0.2, -0.15) is 0 Å². The van der Waals surface area contributed by atoms with Crippen molar-refractivity contribution in [3.63, 3.8) is 0 Å². The molecule has 0 N–H and O–H groups in total. The highest BCUT2D eigenvalue weighted by atomic mass is 35.5. The van der Waals surface area contributed by atoms with Crippen molar-refractivity contribution in [3.8, 4) is 5.69 Å². The molecule has 1 amide bonds. The number of morpholine rings is 1. The Labute approximate surface area is 194 Å². The average Bonchev–Trinajstić information content (AvgIpc) is 3.00. The smallest absolute Gasteiger partial charge is 0.267 e. The molecule has 1 aliphatic heterocycles. The Balaban J connectivity index is 1.71. The molecule has 164 valence electrons. The molecule has 0 bridgehead atoms. The molecule has 2 unspecified atom stereocenters. The van der Waals surface area contributed by atoms with E-state index in [9.17, 15) is 9.59 Å². The summed E-state index contributed by atoms with van der Waals surface area (Å²) in [6, 6.07) is 7.08. The molecule has 1 aliphatic rings. The lowest BCUT2D eigenvalue weighted by atomic mass is 10.2. The molecule has 0 radical (unpaired) electrons. The van der Waals surface area contributed by atoms with E-state index in [1.54, 1.807) is 28.8 Å². The lowest BCUT2D eigenvalue weighted by Crippen LogP contribution is -2.48. The van der Waals surface area contributed by atoms with Gasteiger partial charge < -0.3 is 9.64 Å². The zero-order valence-corrected chi connectivity index (χ0v) is 20.2. The van der Waals surface area contributed by atoms with Gasteiger partial charge in [-0.05, 0) is 57.5 Å². The highest BCUT2D eigenvalue weighted by molar-refractivity contribution is 7.99. The zero-order chi connectivity index (χ0) is 22.3. The van der Waals surface area contributed by atoms with Crippen LogP contribution in [0.15, 0.2) is 34.2 Å². The number of hydrogen-bond acceptors (Lipinski definition) is 6. The third-order valence-corrected chi connectivity index (χ3v) is 7.63. The minimum Gasteiger partial charge on any atom is -0.372 e. The SMILES string of the molecule is Cc1sc2nc(SCC(=O)N3CC(C)OC(C)C3)n(-c3ccc(Cl)cc3)c(=O)c2c1C. The highest BCUT2D eigenvalue weighted by Gasteiger charge is 2.26. The maximum atomic E-state index is 13.5. The number of fused-ring (bicyclic) bond motifs is 1. The molecule has 2 aromatic heterocycles. The van der Waals surface area contributed by atoms with Gasteiger partial charge in [-0.25, -0.2) is 4.98 Å². The number of ether oxygens (including phenoxy) is 1. The second-order valence-corrected chi connectivity index (χ2v) is 10.4. The number of nitrogens with zero attached hydrogens (tertiary/aromatic N) is 3. The molecule has 2 atom stereocenters. The molecule has 1 fully saturated rings. The topological polar surface area (TPSA) is 64.4 Å². The fraction of sp³-hybridized carbons (Fsp3) is 0.409. The first-order chi connectivity index (χ1) is 14.7. The normalized spacial score (nSPS) is 19.2. The first kappa shape index (κ1) is 22.3. The van der Waals surface area contributed by atoms with Gasteiger partial charge in [0.2, 0.25) is 5.91 Å². The predicted molar refractivity (Wildman–Crippen MR) is 127 cm³/mol. The van der Waals surface area contributed by atoms with Crippen molar-refractivity contribution >= 4 is 50.8 Å². The first-order valence-electron chi connectivity index (χ1n) is 10.1. The number of carbonyl (C=O) groups is 1. The molecule has 3 aromatic rings. The van der Waals surface area contributed by atoms with E-state index in [2.05, 4.69) is 0 Å². The Hall–Kier alpha value is -1.87. The molecular weight excluding hydrogens is 454 g/mol. The van der Waals surface area contributed by atoms with Gasteiger partial charge in [-0.3, -0.25) is 14.2 Å². The van der Waals surface area contributed by atoms with Gasteiger partial charge in [0.15, 0.2) is 5.16 Å². The van der Waals surface area contributed by atoms with Crippen LogP contribution >= 0.6 is 34.7 Å². The van der Waals surface area contributed by atoms with Crippen molar-refractivity contribution in [1.29, 1.82) is 0 Å². The number of thiophene rings is 1. The Morgan fingerprint density at radius 2 is 1.87 bits per heavy atom. The molecule has 9 heteroatoms. The Morgan fingerprint density at radius 1 is 1.23 bits per heavy atom. The van der Waals surface area contributed by atoms with Crippen molar-refractivity contribution in [2.45, 2.75) is 45.1 Å². The Bertz CT molecular complexity index is 1180. The molecule has 1 aromatic carbocycles. The number of amides is 1. The van der Waals surface area contributed by atoms with Crippen LogP contribution in [0.4, 0.5) is 0 Å². The monoisotopic (exact) mass is 477 g/mol. The van der Waals surface area contributed by atoms with Crippen molar-refractivity contribution in [2.24, 2.45) is 0 Å². The fourth-order valence-electron chi connectivity index (χ4n) is 3.79. The summed E-state index contributed by atoms with van der Waals surface area (Å²) >= 11 is 8.84. The van der Waals surface area contributed by atoms with Crippen LogP contribution in [0.25, 0.3) is 15.9 Å². The summed E-state index contributed by atoms with van der Waals surface area (Å²) in [6.45, 7) is 9.02. The van der Waals surface area contributed by atoms with E-state index in [0.717, 1.165) is 10.4 Å². The second-order valence-electron chi connectivity index (χ2n) is 7.82. The molecule has 31 heavy (non-hydrogen) atoms. The second kappa shape index (κ2) is 8.94. The number of rotatable bonds is 4. The summed E-state index contributed by atoms with van der Waals surface area (Å²) in [5.74, 6) is 0.219. The standard InChI is InChI=1S/C22H24ClN3O3S2/c1-12-9-25(10-13(2)29-12)18(27)11-30-22-24-20-19(14(3)15(4)31-20)21(28)26(22)17-7-5-16(23)6-8-17/h5-8,12-13H,9-11H2,1-4H3. The van der Waals surface area contributed by atoms with Crippen LogP contribution < -0.4 is 5.56 Å². The van der Waals surface area contributed by atoms with E-state index >= 15 is 0 Å². The minimum atomic E-state index is -0.127. The van der Waals surface area contributed by atoms with Crippen LogP contribution in [0, 0.1) is 13.8 Å². The number of aromatic nitrogens is 2. The van der Waals surface area contributed by atoms with Gasteiger partial charge in [0, 0.05) is 23.0 Å². The summed E-state index contributed by atoms with van der Waals surface area (Å²) < 4.78 is 7.31. The largest absolute Gasteiger partial charge is 0.372 e. The molecule has 0 saturated carbocycles. The number of thioether (sulfide) groups is 1. The van der Waals surface area contributed by atoms with E-state index in [1.165, 1.54) is 23.1 Å².